The van der Waals surface area contributed by atoms with Crippen LogP contribution in [0, 0.1) is 11.3 Å². The van der Waals surface area contributed by atoms with Crippen molar-refractivity contribution in [2.45, 2.75) is 0 Å². The summed E-state index contributed by atoms with van der Waals surface area (Å²) in [6.07, 6.45) is 5.13. The zero-order valence-corrected chi connectivity index (χ0v) is 7.96. The zero-order valence-electron chi connectivity index (χ0n) is 7.96. The van der Waals surface area contributed by atoms with Crippen LogP contribution in [0.1, 0.15) is 11.3 Å². The second kappa shape index (κ2) is 3.76. The number of nitriles is 1. The fourth-order valence-electron chi connectivity index (χ4n) is 1.16. The van der Waals surface area contributed by atoms with Crippen LogP contribution in [0.4, 0.5) is 0 Å². The van der Waals surface area contributed by atoms with Crippen molar-refractivity contribution in [2.75, 3.05) is 0 Å². The molecule has 2 rings (SSSR count). The number of pyridine rings is 1. The first-order chi connectivity index (χ1) is 7.33. The van der Waals surface area contributed by atoms with E-state index in [0.717, 1.165) is 5.56 Å². The lowest BCUT2D eigenvalue weighted by Crippen LogP contribution is -1.98. The van der Waals surface area contributed by atoms with Crippen molar-refractivity contribution >= 4 is 6.08 Å². The van der Waals surface area contributed by atoms with Gasteiger partial charge in [-0.1, -0.05) is 12.7 Å². The van der Waals surface area contributed by atoms with Gasteiger partial charge in [-0.2, -0.15) is 10.4 Å². The van der Waals surface area contributed by atoms with E-state index in [-0.39, 0.29) is 0 Å². The van der Waals surface area contributed by atoms with Crippen molar-refractivity contribution in [2.24, 2.45) is 0 Å². The van der Waals surface area contributed by atoms with Gasteiger partial charge in [-0.15, -0.1) is 0 Å². The quantitative estimate of drug-likeness (QED) is 0.735. The molecule has 0 aliphatic heterocycles. The summed E-state index contributed by atoms with van der Waals surface area (Å²) in [5.41, 5.74) is 1.33. The molecule has 0 aromatic carbocycles. The largest absolute Gasteiger partial charge is 0.237 e. The maximum Gasteiger partial charge on any atom is 0.162 e. The summed E-state index contributed by atoms with van der Waals surface area (Å²) in [7, 11) is 0. The van der Waals surface area contributed by atoms with Crippen LogP contribution in [0.15, 0.2) is 37.2 Å². The van der Waals surface area contributed by atoms with Gasteiger partial charge >= 0.3 is 0 Å². The highest BCUT2D eigenvalue weighted by molar-refractivity contribution is 5.46. The maximum atomic E-state index is 8.62. The van der Waals surface area contributed by atoms with E-state index in [1.807, 2.05) is 18.2 Å². The van der Waals surface area contributed by atoms with Gasteiger partial charge in [0.05, 0.1) is 0 Å². The van der Waals surface area contributed by atoms with Crippen LogP contribution in [0.5, 0.6) is 0 Å². The summed E-state index contributed by atoms with van der Waals surface area (Å²) in [5, 5.41) is 12.6. The molecular weight excluding hydrogens is 188 g/mol. The van der Waals surface area contributed by atoms with Crippen molar-refractivity contribution in [3.05, 3.63) is 48.4 Å². The van der Waals surface area contributed by atoms with Gasteiger partial charge in [0.2, 0.25) is 0 Å². The standard InChI is InChI=1S/C11H8N4/c1-2-9-3-4-11(13-8-9)15-6-5-10(7-12)14-15/h2-6,8H,1H2. The Hall–Kier alpha value is -2.41. The molecule has 0 fully saturated rings. The van der Waals surface area contributed by atoms with Crippen LogP contribution < -0.4 is 0 Å². The Morgan fingerprint density at radius 3 is 2.80 bits per heavy atom. The maximum absolute atomic E-state index is 8.62. The van der Waals surface area contributed by atoms with Crippen LogP contribution in [-0.2, 0) is 0 Å². The first kappa shape index (κ1) is 9.16. The lowest BCUT2D eigenvalue weighted by Gasteiger charge is -1.99. The van der Waals surface area contributed by atoms with Crippen molar-refractivity contribution < 1.29 is 0 Å². The molecule has 2 aromatic heterocycles. The minimum Gasteiger partial charge on any atom is -0.237 e. The van der Waals surface area contributed by atoms with Gasteiger partial charge < -0.3 is 0 Å². The second-order valence-electron chi connectivity index (χ2n) is 2.91. The Labute approximate surface area is 87.1 Å². The van der Waals surface area contributed by atoms with Crippen LogP contribution in [0.2, 0.25) is 0 Å². The molecule has 0 N–H and O–H groups in total. The fourth-order valence-corrected chi connectivity index (χ4v) is 1.16. The Kier molecular flexibility index (Phi) is 2.30. The van der Waals surface area contributed by atoms with Gasteiger partial charge in [-0.25, -0.2) is 9.67 Å². The topological polar surface area (TPSA) is 54.5 Å². The third kappa shape index (κ3) is 1.76. The van der Waals surface area contributed by atoms with Crippen LogP contribution >= 0.6 is 0 Å². The van der Waals surface area contributed by atoms with Gasteiger partial charge in [0.25, 0.3) is 0 Å². The first-order valence-corrected chi connectivity index (χ1v) is 4.38. The molecule has 0 spiro atoms. The summed E-state index contributed by atoms with van der Waals surface area (Å²) in [5.74, 6) is 0.683. The number of aromatic nitrogens is 3. The molecule has 0 bridgehead atoms. The normalized spacial score (nSPS) is 9.53. The summed E-state index contributed by atoms with van der Waals surface area (Å²) in [4.78, 5) is 4.19. The van der Waals surface area contributed by atoms with E-state index in [0.29, 0.717) is 11.5 Å². The van der Waals surface area contributed by atoms with Crippen LogP contribution in [-0.4, -0.2) is 14.8 Å². The molecule has 2 heterocycles. The second-order valence-corrected chi connectivity index (χ2v) is 2.91. The van der Waals surface area contributed by atoms with Gasteiger partial charge in [0.1, 0.15) is 6.07 Å². The molecule has 0 atom stereocenters. The molecule has 4 heteroatoms. The highest BCUT2D eigenvalue weighted by atomic mass is 15.3. The van der Waals surface area contributed by atoms with E-state index in [9.17, 15) is 0 Å². The van der Waals surface area contributed by atoms with E-state index in [1.54, 1.807) is 29.2 Å². The molecule has 4 nitrogen and oxygen atoms in total. The van der Waals surface area contributed by atoms with E-state index in [1.165, 1.54) is 0 Å². The highest BCUT2D eigenvalue weighted by Crippen LogP contribution is 2.06. The minimum atomic E-state index is 0.379. The number of hydrogen-bond acceptors (Lipinski definition) is 3. The Morgan fingerprint density at radius 2 is 2.27 bits per heavy atom. The fraction of sp³-hybridized carbons (Fsp3) is 0. The number of rotatable bonds is 2. The van der Waals surface area contributed by atoms with Gasteiger partial charge in [0, 0.05) is 12.4 Å². The van der Waals surface area contributed by atoms with E-state index >= 15 is 0 Å². The lowest BCUT2D eigenvalue weighted by molar-refractivity contribution is 0.841. The Morgan fingerprint density at radius 1 is 1.40 bits per heavy atom. The molecule has 0 radical (unpaired) electrons. The van der Waals surface area contributed by atoms with Crippen molar-refractivity contribution in [1.82, 2.24) is 14.8 Å². The molecule has 72 valence electrons. The third-order valence-electron chi connectivity index (χ3n) is 1.94. The monoisotopic (exact) mass is 196 g/mol. The average Bonchev–Trinajstić information content (AvgIpc) is 2.78. The predicted octanol–water partition coefficient (Wildman–Crippen LogP) is 1.78. The third-order valence-corrected chi connectivity index (χ3v) is 1.94. The molecule has 0 unspecified atom stereocenters. The van der Waals surface area contributed by atoms with Gasteiger partial charge in [-0.3, -0.25) is 0 Å². The van der Waals surface area contributed by atoms with E-state index in [4.69, 9.17) is 5.26 Å². The minimum absolute atomic E-state index is 0.379. The molecule has 15 heavy (non-hydrogen) atoms. The van der Waals surface area contributed by atoms with Crippen LogP contribution in [0.3, 0.4) is 0 Å². The Bertz CT molecular complexity index is 516. The molecule has 0 saturated carbocycles. The molecule has 0 aliphatic rings. The van der Waals surface area contributed by atoms with Crippen molar-refractivity contribution in [3.63, 3.8) is 0 Å². The van der Waals surface area contributed by atoms with Crippen LogP contribution in [0.25, 0.3) is 11.9 Å². The summed E-state index contributed by atoms with van der Waals surface area (Å²) in [6.45, 7) is 3.65. The molecule has 0 amide bonds. The van der Waals surface area contributed by atoms with Crippen molar-refractivity contribution in [3.8, 4) is 11.9 Å². The Balaban J connectivity index is 2.37. The lowest BCUT2D eigenvalue weighted by atomic mass is 10.3. The summed E-state index contributed by atoms with van der Waals surface area (Å²) in [6, 6.07) is 7.32. The van der Waals surface area contributed by atoms with E-state index in [2.05, 4.69) is 16.7 Å². The average molecular weight is 196 g/mol. The van der Waals surface area contributed by atoms with Gasteiger partial charge in [-0.05, 0) is 23.8 Å². The molecule has 0 aliphatic carbocycles. The zero-order chi connectivity index (χ0) is 10.7. The summed E-state index contributed by atoms with van der Waals surface area (Å²) < 4.78 is 1.56. The SMILES string of the molecule is C=Cc1ccc(-n2ccc(C#N)n2)nc1. The molecule has 0 saturated heterocycles. The molecular formula is C11H8N4. The number of hydrogen-bond donors (Lipinski definition) is 0. The summed E-state index contributed by atoms with van der Waals surface area (Å²) >= 11 is 0. The smallest absolute Gasteiger partial charge is 0.162 e. The first-order valence-electron chi connectivity index (χ1n) is 4.38. The van der Waals surface area contributed by atoms with E-state index < -0.39 is 0 Å². The predicted molar refractivity (Wildman–Crippen MR) is 56.2 cm³/mol. The molecule has 2 aromatic rings. The van der Waals surface area contributed by atoms with Gasteiger partial charge in [0.15, 0.2) is 11.5 Å². The number of nitrogens with zero attached hydrogens (tertiary/aromatic N) is 4. The highest BCUT2D eigenvalue weighted by Gasteiger charge is 2.00. The van der Waals surface area contributed by atoms with Crippen molar-refractivity contribution in [1.29, 1.82) is 5.26 Å².